The molecule has 0 bridgehead atoms. The van der Waals surface area contributed by atoms with Gasteiger partial charge in [-0.2, -0.15) is 0 Å². The lowest BCUT2D eigenvalue weighted by atomic mass is 9.91. The van der Waals surface area contributed by atoms with Crippen LogP contribution in [0.1, 0.15) is 80.5 Å². The third-order valence-corrected chi connectivity index (χ3v) is 9.49. The Morgan fingerprint density at radius 3 is 1.52 bits per heavy atom. The molecule has 1 heterocycles. The van der Waals surface area contributed by atoms with Crippen molar-refractivity contribution in [2.45, 2.75) is 115 Å². The number of hydrogen-bond acceptors (Lipinski definition) is 6. The third-order valence-electron chi connectivity index (χ3n) is 9.49. The number of rotatable bonds is 23. The Bertz CT molecular complexity index is 1510. The maximum Gasteiger partial charge on any atom is 0.220 e. The van der Waals surface area contributed by atoms with Crippen LogP contribution in [-0.2, 0) is 54.9 Å². The quantitative estimate of drug-likeness (QED) is 0.0776. The maximum atomic E-state index is 13.1. The number of nitrogens with one attached hydrogen (secondary N) is 1. The Morgan fingerprint density at radius 1 is 0.558 bits per heavy atom. The molecule has 1 fully saturated rings. The number of ether oxygens (including phenoxy) is 5. The molecule has 1 amide bonds. The summed E-state index contributed by atoms with van der Waals surface area (Å²) < 4.78 is 33.6. The van der Waals surface area contributed by atoms with E-state index in [1.165, 1.54) is 25.7 Å². The highest BCUT2D eigenvalue weighted by Crippen LogP contribution is 2.33. The van der Waals surface area contributed by atoms with Crippen molar-refractivity contribution < 1.29 is 28.5 Å². The van der Waals surface area contributed by atoms with Gasteiger partial charge in [-0.25, -0.2) is 0 Å². The van der Waals surface area contributed by atoms with E-state index >= 15 is 0 Å². The molecule has 5 rings (SSSR count). The van der Waals surface area contributed by atoms with Crippen LogP contribution in [0.4, 0.5) is 0 Å². The van der Waals surface area contributed by atoms with E-state index in [1.54, 1.807) is 0 Å². The molecule has 0 spiro atoms. The van der Waals surface area contributed by atoms with Gasteiger partial charge in [-0.3, -0.25) is 4.79 Å². The number of unbranched alkanes of at least 4 members (excludes halogenated alkanes) is 5. The van der Waals surface area contributed by atoms with Crippen LogP contribution in [0, 0.1) is 0 Å². The van der Waals surface area contributed by atoms with E-state index in [0.717, 1.165) is 35.1 Å². The van der Waals surface area contributed by atoms with Gasteiger partial charge in [0, 0.05) is 13.0 Å². The Balaban J connectivity index is 1.36. The molecule has 0 aromatic heterocycles. The van der Waals surface area contributed by atoms with Crippen molar-refractivity contribution in [1.82, 2.24) is 5.32 Å². The summed E-state index contributed by atoms with van der Waals surface area (Å²) in [6, 6.07) is 40.6. The van der Waals surface area contributed by atoms with Crippen molar-refractivity contribution in [1.29, 1.82) is 0 Å². The van der Waals surface area contributed by atoms with Gasteiger partial charge in [0.25, 0.3) is 0 Å². The lowest BCUT2D eigenvalue weighted by Gasteiger charge is -2.46. The summed E-state index contributed by atoms with van der Waals surface area (Å²) in [6.07, 6.45) is 5.53. The largest absolute Gasteiger partial charge is 0.374 e. The minimum atomic E-state index is -0.502. The van der Waals surface area contributed by atoms with Crippen LogP contribution < -0.4 is 5.32 Å². The van der Waals surface area contributed by atoms with Crippen molar-refractivity contribution in [3.8, 4) is 0 Å². The zero-order valence-electron chi connectivity index (χ0n) is 30.8. The number of carbonyl (C=O) groups is 1. The molecule has 7 nitrogen and oxygen atoms in total. The van der Waals surface area contributed by atoms with E-state index in [1.807, 2.05) is 72.8 Å². The summed E-state index contributed by atoms with van der Waals surface area (Å²) in [7, 11) is 0. The zero-order valence-corrected chi connectivity index (χ0v) is 30.8. The second kappa shape index (κ2) is 22.9. The molecule has 1 saturated heterocycles. The van der Waals surface area contributed by atoms with Crippen LogP contribution in [0.3, 0.4) is 0 Å². The molecule has 1 aliphatic rings. The van der Waals surface area contributed by atoms with Crippen molar-refractivity contribution in [3.63, 3.8) is 0 Å². The molecule has 0 aliphatic carbocycles. The Hall–Kier alpha value is -3.85. The molecule has 4 aromatic rings. The van der Waals surface area contributed by atoms with E-state index in [9.17, 15) is 4.79 Å². The van der Waals surface area contributed by atoms with E-state index in [4.69, 9.17) is 23.7 Å². The molecular formula is C45H57NO6. The minimum absolute atomic E-state index is 0.0278. The van der Waals surface area contributed by atoms with Crippen molar-refractivity contribution in [3.05, 3.63) is 144 Å². The minimum Gasteiger partial charge on any atom is -0.374 e. The highest BCUT2D eigenvalue weighted by atomic mass is 16.6. The van der Waals surface area contributed by atoms with Crippen molar-refractivity contribution >= 4 is 5.91 Å². The molecule has 0 radical (unpaired) electrons. The van der Waals surface area contributed by atoms with Crippen LogP contribution in [-0.4, -0.2) is 49.6 Å². The van der Waals surface area contributed by atoms with E-state index < -0.39 is 30.5 Å². The van der Waals surface area contributed by atoms with Crippen LogP contribution in [0.15, 0.2) is 121 Å². The molecule has 5 atom stereocenters. The lowest BCUT2D eigenvalue weighted by molar-refractivity contribution is -0.273. The molecule has 1 aliphatic heterocycles. The lowest BCUT2D eigenvalue weighted by Crippen LogP contribution is -2.61. The van der Waals surface area contributed by atoms with Gasteiger partial charge in [0.2, 0.25) is 5.91 Å². The molecular weight excluding hydrogens is 650 g/mol. The van der Waals surface area contributed by atoms with Crippen LogP contribution in [0.25, 0.3) is 0 Å². The van der Waals surface area contributed by atoms with Gasteiger partial charge in [-0.1, -0.05) is 160 Å². The van der Waals surface area contributed by atoms with Crippen LogP contribution >= 0.6 is 0 Å². The van der Waals surface area contributed by atoms with E-state index in [2.05, 4.69) is 60.8 Å². The molecule has 0 unspecified atom stereocenters. The fourth-order valence-electron chi connectivity index (χ4n) is 6.61. The van der Waals surface area contributed by atoms with E-state index in [-0.39, 0.29) is 5.91 Å². The maximum absolute atomic E-state index is 13.1. The molecule has 4 aromatic carbocycles. The standard InChI is InChI=1S/C45H57NO6/c1-2-3-4-5-6-19-30-46-42(47)29-28-40-43(49-32-37-22-13-8-14-23-37)45(51-34-39-26-17-10-18-27-39)44(50-33-38-24-15-9-16-25-38)41(52-40)35-48-31-36-20-11-7-12-21-36/h7-18,20-27,40-41,43-45H,2-6,19,28-35H2,1H3,(H,46,47)/t40-,41-,43+,44-,45-/m1/s1. The van der Waals surface area contributed by atoms with Crippen molar-refractivity contribution in [2.24, 2.45) is 0 Å². The van der Waals surface area contributed by atoms with Gasteiger partial charge in [0.15, 0.2) is 0 Å². The van der Waals surface area contributed by atoms with Gasteiger partial charge in [-0.15, -0.1) is 0 Å². The summed E-state index contributed by atoms with van der Waals surface area (Å²) in [5, 5.41) is 3.14. The predicted molar refractivity (Wildman–Crippen MR) is 205 cm³/mol. The van der Waals surface area contributed by atoms with Crippen molar-refractivity contribution in [2.75, 3.05) is 13.2 Å². The smallest absolute Gasteiger partial charge is 0.220 e. The normalized spacial score (nSPS) is 20.1. The number of amides is 1. The summed E-state index contributed by atoms with van der Waals surface area (Å²) in [4.78, 5) is 13.1. The second-order valence-corrected chi connectivity index (χ2v) is 13.7. The van der Waals surface area contributed by atoms with Gasteiger partial charge in [-0.05, 0) is 35.1 Å². The van der Waals surface area contributed by atoms with Gasteiger partial charge >= 0.3 is 0 Å². The fourth-order valence-corrected chi connectivity index (χ4v) is 6.61. The number of carbonyl (C=O) groups excluding carboxylic acids is 1. The van der Waals surface area contributed by atoms with Gasteiger partial charge < -0.3 is 29.0 Å². The Morgan fingerprint density at radius 2 is 1.00 bits per heavy atom. The fraction of sp³-hybridized carbons (Fsp3) is 0.444. The average Bonchev–Trinajstić information content (AvgIpc) is 3.19. The Kier molecular flexibility index (Phi) is 17.4. The predicted octanol–water partition coefficient (Wildman–Crippen LogP) is 8.98. The number of benzene rings is 4. The summed E-state index contributed by atoms with van der Waals surface area (Å²) in [6.45, 7) is 4.80. The Labute approximate surface area is 311 Å². The van der Waals surface area contributed by atoms with Crippen LogP contribution in [0.2, 0.25) is 0 Å². The number of hydrogen-bond donors (Lipinski definition) is 1. The molecule has 0 saturated carbocycles. The monoisotopic (exact) mass is 707 g/mol. The average molecular weight is 708 g/mol. The second-order valence-electron chi connectivity index (χ2n) is 13.7. The first-order valence-corrected chi connectivity index (χ1v) is 19.2. The summed E-state index contributed by atoms with van der Waals surface area (Å²) >= 11 is 0. The molecule has 1 N–H and O–H groups in total. The van der Waals surface area contributed by atoms with E-state index in [0.29, 0.717) is 52.4 Å². The SMILES string of the molecule is CCCCCCCCNC(=O)CC[C@H]1O[C@H](COCc2ccccc2)[C@@H](OCc2ccccc2)[C@H](OCc2ccccc2)[C@H]1OCc1ccccc1. The van der Waals surface area contributed by atoms with Gasteiger partial charge in [0.1, 0.15) is 24.4 Å². The summed E-state index contributed by atoms with van der Waals surface area (Å²) in [5.41, 5.74) is 4.24. The topological polar surface area (TPSA) is 75.3 Å². The molecule has 7 heteroatoms. The van der Waals surface area contributed by atoms with Gasteiger partial charge in [0.05, 0.1) is 39.1 Å². The first-order chi connectivity index (χ1) is 25.7. The highest BCUT2D eigenvalue weighted by Gasteiger charge is 2.48. The third kappa shape index (κ3) is 13.6. The summed E-state index contributed by atoms with van der Waals surface area (Å²) in [5.74, 6) is 0.0278. The first kappa shape index (κ1) is 39.4. The van der Waals surface area contributed by atoms with Crippen LogP contribution in [0.5, 0.6) is 0 Å². The zero-order chi connectivity index (χ0) is 36.1. The highest BCUT2D eigenvalue weighted by molar-refractivity contribution is 5.75. The molecule has 52 heavy (non-hydrogen) atoms. The first-order valence-electron chi connectivity index (χ1n) is 19.2. The molecule has 278 valence electrons.